The van der Waals surface area contributed by atoms with Crippen LogP contribution < -0.4 is 0 Å². The largest absolute Gasteiger partial charge is 0.457 e. The van der Waals surface area contributed by atoms with Crippen LogP contribution in [0.3, 0.4) is 0 Å². The van der Waals surface area contributed by atoms with Crippen molar-refractivity contribution in [2.24, 2.45) is 0 Å². The van der Waals surface area contributed by atoms with Gasteiger partial charge in [-0.2, -0.15) is 8.42 Å². The van der Waals surface area contributed by atoms with Crippen LogP contribution in [0.5, 0.6) is 0 Å². The van der Waals surface area contributed by atoms with Crippen LogP contribution in [-0.2, 0) is 38.3 Å². The molecule has 0 saturated carbocycles. The van der Waals surface area contributed by atoms with Crippen molar-refractivity contribution in [1.82, 2.24) is 0 Å². The first-order valence-electron chi connectivity index (χ1n) is 19.9. The van der Waals surface area contributed by atoms with Gasteiger partial charge in [0.15, 0.2) is 6.29 Å². The highest BCUT2D eigenvalue weighted by atomic mass is 32.3. The van der Waals surface area contributed by atoms with Crippen molar-refractivity contribution in [3.05, 3.63) is 48.6 Å². The Morgan fingerprint density at radius 2 is 1.30 bits per heavy atom. The minimum atomic E-state index is -5.06. The zero-order valence-corrected chi connectivity index (χ0v) is 33.1. The molecular weight excluding hydrogens is 704 g/mol. The molecule has 53 heavy (non-hydrogen) atoms. The number of hydrogen-bond donors (Lipinski definition) is 4. The van der Waals surface area contributed by atoms with E-state index in [1.54, 1.807) is 0 Å². The Kier molecular flexibility index (Phi) is 29.9. The molecule has 1 fully saturated rings. The number of carbonyl (C=O) groups excluding carboxylic acids is 1. The molecule has 1 heterocycles. The quantitative estimate of drug-likeness (QED) is 0.0228. The van der Waals surface area contributed by atoms with Gasteiger partial charge >= 0.3 is 16.4 Å². The maximum absolute atomic E-state index is 12.8. The molecular formula is C40H70O12S. The summed E-state index contributed by atoms with van der Waals surface area (Å²) in [6.07, 6.45) is 27.3. The fourth-order valence-electron chi connectivity index (χ4n) is 5.68. The van der Waals surface area contributed by atoms with Gasteiger partial charge < -0.3 is 34.3 Å². The lowest BCUT2D eigenvalue weighted by molar-refractivity contribution is -0.301. The number of ether oxygens (including phenoxy) is 4. The van der Waals surface area contributed by atoms with Crippen molar-refractivity contribution >= 4 is 16.4 Å². The Morgan fingerprint density at radius 3 is 1.92 bits per heavy atom. The normalized spacial score (nSPS) is 21.8. The topological polar surface area (TPSA) is 178 Å². The van der Waals surface area contributed by atoms with Crippen LogP contribution in [-0.4, -0.2) is 97.5 Å². The smallest absolute Gasteiger partial charge is 0.397 e. The van der Waals surface area contributed by atoms with Crippen molar-refractivity contribution in [3.63, 3.8) is 0 Å². The van der Waals surface area contributed by atoms with Crippen molar-refractivity contribution in [1.29, 1.82) is 0 Å². The lowest BCUT2D eigenvalue weighted by atomic mass is 9.99. The highest BCUT2D eigenvalue weighted by Crippen LogP contribution is 2.26. The molecule has 0 amide bonds. The van der Waals surface area contributed by atoms with E-state index in [0.717, 1.165) is 70.6 Å². The molecule has 1 aliphatic rings. The van der Waals surface area contributed by atoms with E-state index in [1.165, 1.54) is 38.5 Å². The minimum absolute atomic E-state index is 0.0181. The van der Waals surface area contributed by atoms with Crippen LogP contribution in [0.1, 0.15) is 136 Å². The van der Waals surface area contributed by atoms with Gasteiger partial charge in [-0.05, 0) is 70.6 Å². The van der Waals surface area contributed by atoms with Crippen molar-refractivity contribution in [3.8, 4) is 0 Å². The molecule has 0 aromatic rings. The molecule has 1 rings (SSSR count). The summed E-state index contributed by atoms with van der Waals surface area (Å²) < 4.78 is 58.8. The zero-order chi connectivity index (χ0) is 39.0. The first-order valence-corrected chi connectivity index (χ1v) is 21.3. The number of rotatable bonds is 33. The second kappa shape index (κ2) is 32.3. The van der Waals surface area contributed by atoms with Crippen LogP contribution >= 0.6 is 0 Å². The lowest BCUT2D eigenvalue weighted by Gasteiger charge is -2.41. The summed E-state index contributed by atoms with van der Waals surface area (Å²) in [5, 5.41) is 30.5. The van der Waals surface area contributed by atoms with Gasteiger partial charge in [-0.25, -0.2) is 4.18 Å². The molecule has 6 unspecified atom stereocenters. The molecule has 6 atom stereocenters. The molecule has 12 nitrogen and oxygen atoms in total. The molecule has 0 radical (unpaired) electrons. The Morgan fingerprint density at radius 1 is 0.736 bits per heavy atom. The third-order valence-corrected chi connectivity index (χ3v) is 9.15. The number of esters is 1. The standard InChI is InChI=1S/C40H70O12S/c1-3-5-7-9-11-13-15-17-19-21-23-25-27-29-36(42)50-34(32-48-30-28-26-24-22-20-18-16-14-12-10-8-6-4-2)33-49-40-38(44)39(52-53(45,46)47)37(43)35(31-41)51-40/h5,7,11-14,17,19,34-35,37-41,43-44H,3-4,6,8-10,15-16,18,20-33H2,1-2H3,(H,45,46,47)/b7-5-,13-11-,14-12-,19-17-. The Hall–Kier alpha value is -1.94. The summed E-state index contributed by atoms with van der Waals surface area (Å²) in [5.74, 6) is -0.433. The fraction of sp³-hybridized carbons (Fsp3) is 0.775. The van der Waals surface area contributed by atoms with E-state index in [9.17, 15) is 28.5 Å². The van der Waals surface area contributed by atoms with Gasteiger partial charge in [-0.3, -0.25) is 9.35 Å². The number of allylic oxidation sites excluding steroid dienone is 8. The maximum Gasteiger partial charge on any atom is 0.397 e. The summed E-state index contributed by atoms with van der Waals surface area (Å²) in [6.45, 7) is 3.77. The Bertz CT molecular complexity index is 1120. The molecule has 4 N–H and O–H groups in total. The fourth-order valence-corrected chi connectivity index (χ4v) is 6.19. The van der Waals surface area contributed by atoms with Gasteiger partial charge in [0.1, 0.15) is 30.5 Å². The Labute approximate surface area is 319 Å². The molecule has 0 aliphatic carbocycles. The number of aliphatic hydroxyl groups is 3. The monoisotopic (exact) mass is 774 g/mol. The van der Waals surface area contributed by atoms with Crippen LogP contribution in [0.15, 0.2) is 48.6 Å². The highest BCUT2D eigenvalue weighted by molar-refractivity contribution is 7.80. The van der Waals surface area contributed by atoms with Gasteiger partial charge in [0.2, 0.25) is 0 Å². The van der Waals surface area contributed by atoms with E-state index in [2.05, 4.69) is 66.6 Å². The number of hydrogen-bond acceptors (Lipinski definition) is 11. The van der Waals surface area contributed by atoms with Gasteiger partial charge in [0, 0.05) is 13.0 Å². The summed E-state index contributed by atoms with van der Waals surface area (Å²) >= 11 is 0. The summed E-state index contributed by atoms with van der Waals surface area (Å²) in [6, 6.07) is 0. The Balaban J connectivity index is 2.53. The lowest BCUT2D eigenvalue weighted by Crippen LogP contribution is -2.60. The summed E-state index contributed by atoms with van der Waals surface area (Å²) in [7, 11) is -5.06. The van der Waals surface area contributed by atoms with Gasteiger partial charge in [0.25, 0.3) is 0 Å². The van der Waals surface area contributed by atoms with E-state index in [1.807, 2.05) is 0 Å². The van der Waals surface area contributed by atoms with E-state index >= 15 is 0 Å². The van der Waals surface area contributed by atoms with Crippen LogP contribution in [0.25, 0.3) is 0 Å². The van der Waals surface area contributed by atoms with Crippen LogP contribution in [0, 0.1) is 0 Å². The molecule has 0 bridgehead atoms. The van der Waals surface area contributed by atoms with E-state index < -0.39 is 59.8 Å². The van der Waals surface area contributed by atoms with Crippen LogP contribution in [0.4, 0.5) is 0 Å². The second-order valence-electron chi connectivity index (χ2n) is 13.5. The van der Waals surface area contributed by atoms with Gasteiger partial charge in [-0.15, -0.1) is 0 Å². The van der Waals surface area contributed by atoms with Gasteiger partial charge in [0.05, 0.1) is 19.8 Å². The highest BCUT2D eigenvalue weighted by Gasteiger charge is 2.48. The zero-order valence-electron chi connectivity index (χ0n) is 32.3. The van der Waals surface area contributed by atoms with Crippen LogP contribution in [0.2, 0.25) is 0 Å². The maximum atomic E-state index is 12.8. The number of aliphatic hydroxyl groups excluding tert-OH is 3. The third-order valence-electron chi connectivity index (χ3n) is 8.68. The average Bonchev–Trinajstić information content (AvgIpc) is 3.12. The molecule has 13 heteroatoms. The first-order chi connectivity index (χ1) is 25.6. The first kappa shape index (κ1) is 49.1. The van der Waals surface area contributed by atoms with E-state index in [0.29, 0.717) is 13.0 Å². The molecule has 0 aromatic heterocycles. The van der Waals surface area contributed by atoms with E-state index in [4.69, 9.17) is 23.5 Å². The van der Waals surface area contributed by atoms with E-state index in [-0.39, 0.29) is 19.6 Å². The SMILES string of the molecule is CC/C=C\C/C=C\C/C=C\CCCCCC(=O)OC(COCCCCCCCC/C=C\CCCCC)COC1OC(CO)C(O)C(OS(=O)(=O)O)C1O. The molecule has 0 aromatic carbocycles. The van der Waals surface area contributed by atoms with Crippen molar-refractivity contribution in [2.45, 2.75) is 173 Å². The average molecular weight is 775 g/mol. The molecule has 0 spiro atoms. The number of carbonyl (C=O) groups is 1. The molecule has 308 valence electrons. The minimum Gasteiger partial charge on any atom is -0.457 e. The summed E-state index contributed by atoms with van der Waals surface area (Å²) in [4.78, 5) is 12.8. The predicted molar refractivity (Wildman–Crippen MR) is 206 cm³/mol. The second-order valence-corrected chi connectivity index (χ2v) is 14.5. The van der Waals surface area contributed by atoms with Crippen molar-refractivity contribution < 1.29 is 56.2 Å². The third kappa shape index (κ3) is 26.5. The van der Waals surface area contributed by atoms with Crippen molar-refractivity contribution in [2.75, 3.05) is 26.4 Å². The predicted octanol–water partition coefficient (Wildman–Crippen LogP) is 7.23. The summed E-state index contributed by atoms with van der Waals surface area (Å²) in [5.41, 5.74) is 0. The molecule has 1 saturated heterocycles. The number of unbranched alkanes of at least 4 members (excludes halogenated alkanes) is 12. The van der Waals surface area contributed by atoms with Gasteiger partial charge in [-0.1, -0.05) is 107 Å². The molecule has 1 aliphatic heterocycles.